The van der Waals surface area contributed by atoms with Crippen LogP contribution in [0.3, 0.4) is 0 Å². The molecule has 23 heavy (non-hydrogen) atoms. The average Bonchev–Trinajstić information content (AvgIpc) is 3.10. The summed E-state index contributed by atoms with van der Waals surface area (Å²) in [6, 6.07) is 22.5. The van der Waals surface area contributed by atoms with E-state index in [1.54, 1.807) is 14.3 Å². The van der Waals surface area contributed by atoms with Crippen molar-refractivity contribution >= 4 is 19.2 Å². The van der Waals surface area contributed by atoms with Crippen molar-refractivity contribution in [3.05, 3.63) is 82.9 Å². The van der Waals surface area contributed by atoms with Gasteiger partial charge in [0, 0.05) is 0 Å². The maximum absolute atomic E-state index is 2.62. The summed E-state index contributed by atoms with van der Waals surface area (Å²) in [5, 5.41) is 11.0. The van der Waals surface area contributed by atoms with Gasteiger partial charge in [-0.2, -0.15) is 0 Å². The fraction of sp³-hybridized carbons (Fsp3) is 0.238. The fourth-order valence-electron chi connectivity index (χ4n) is 3.09. The molecule has 2 aromatic carbocycles. The van der Waals surface area contributed by atoms with Crippen LogP contribution in [-0.4, -0.2) is 8.80 Å². The molecule has 0 saturated heterocycles. The van der Waals surface area contributed by atoms with Crippen LogP contribution in [0.4, 0.5) is 0 Å². The molecule has 0 saturated carbocycles. The first kappa shape index (κ1) is 16.7. The van der Waals surface area contributed by atoms with Crippen LogP contribution in [0.25, 0.3) is 0 Å². The van der Waals surface area contributed by atoms with Gasteiger partial charge in [-0.25, -0.2) is 0 Å². The molecule has 0 heterocycles. The van der Waals surface area contributed by atoms with Crippen molar-refractivity contribution in [1.82, 2.24) is 0 Å². The Labute approximate surface area is 143 Å². The molecule has 1 aliphatic rings. The summed E-state index contributed by atoms with van der Waals surface area (Å²) in [5.41, 5.74) is 0. The number of allylic oxidation sites excluding steroid dienone is 4. The predicted molar refractivity (Wildman–Crippen MR) is 104 cm³/mol. The summed E-state index contributed by atoms with van der Waals surface area (Å²) in [7, 11) is -1.18. The summed E-state index contributed by atoms with van der Waals surface area (Å²) >= 11 is -2.52. The van der Waals surface area contributed by atoms with Crippen molar-refractivity contribution in [2.24, 2.45) is 0 Å². The third-order valence-corrected chi connectivity index (χ3v) is 26.8. The number of hydrogen-bond acceptors (Lipinski definition) is 0. The maximum atomic E-state index is 2.62. The zero-order chi connectivity index (χ0) is 16.4. The van der Waals surface area contributed by atoms with Crippen LogP contribution in [0.2, 0.25) is 20.4 Å². The molecule has 3 rings (SSSR count). The first-order valence-corrected chi connectivity index (χ1v) is 19.4. The topological polar surface area (TPSA) is 0 Å². The number of benzene rings is 2. The van der Waals surface area contributed by atoms with Gasteiger partial charge in [-0.1, -0.05) is 0 Å². The van der Waals surface area contributed by atoms with E-state index in [0.717, 1.165) is 0 Å². The number of hydrogen-bond donors (Lipinski definition) is 0. The van der Waals surface area contributed by atoms with Crippen molar-refractivity contribution in [2.75, 3.05) is 0 Å². The Hall–Kier alpha value is -1.17. The second-order valence-electron chi connectivity index (χ2n) is 6.91. The van der Waals surface area contributed by atoms with Crippen LogP contribution in [0.1, 0.15) is 6.42 Å². The molecule has 0 spiro atoms. The molecule has 0 N–H and O–H groups in total. The molecule has 0 radical (unpaired) electrons. The van der Waals surface area contributed by atoms with Crippen LogP contribution >= 0.6 is 0 Å². The number of rotatable bonds is 5. The van der Waals surface area contributed by atoms with E-state index in [1.807, 2.05) is 0 Å². The average molecular weight is 503 g/mol. The van der Waals surface area contributed by atoms with E-state index in [-0.39, 0.29) is 0 Å². The first-order chi connectivity index (χ1) is 10.9. The minimum absolute atomic E-state index is 1.18. The van der Waals surface area contributed by atoms with Crippen LogP contribution in [0.15, 0.2) is 82.9 Å². The van der Waals surface area contributed by atoms with Crippen LogP contribution in [0.5, 0.6) is 0 Å². The second kappa shape index (κ2) is 6.38. The summed E-state index contributed by atoms with van der Waals surface area (Å²) in [6.07, 6.45) is 8.18. The monoisotopic (exact) mass is 502 g/mol. The summed E-state index contributed by atoms with van der Waals surface area (Å²) in [6.45, 7) is 0. The Morgan fingerprint density at radius 2 is 1.35 bits per heavy atom. The van der Waals surface area contributed by atoms with Crippen LogP contribution in [0, 0.1) is 0 Å². The van der Waals surface area contributed by atoms with Gasteiger partial charge in [0.25, 0.3) is 0 Å². The SMILES string of the molecule is [CH3][Pt]([CH3])([CH3])([CH2][SiH](c1ccccc1)c1ccccc1)[C]1=CC=CC1. The van der Waals surface area contributed by atoms with E-state index in [2.05, 4.69) is 94.8 Å². The molecule has 0 unspecified atom stereocenters. The molecule has 2 heteroatoms. The molecule has 0 amide bonds. The minimum atomic E-state index is -2.52. The van der Waals surface area contributed by atoms with Gasteiger partial charge in [-0.05, 0) is 0 Å². The third kappa shape index (κ3) is 3.84. The van der Waals surface area contributed by atoms with E-state index in [0.29, 0.717) is 0 Å². The molecule has 0 aliphatic heterocycles. The summed E-state index contributed by atoms with van der Waals surface area (Å²) in [4.78, 5) is 0. The predicted octanol–water partition coefficient (Wildman–Crippen LogP) is 4.66. The molecule has 125 valence electrons. The van der Waals surface area contributed by atoms with Gasteiger partial charge in [-0.15, -0.1) is 0 Å². The first-order valence-electron chi connectivity index (χ1n) is 7.85. The van der Waals surface area contributed by atoms with Crippen LogP contribution in [-0.2, 0) is 14.8 Å². The molecule has 2 aromatic rings. The Bertz CT molecular complexity index is 681. The van der Waals surface area contributed by atoms with E-state index >= 15 is 0 Å². The molecular weight excluding hydrogens is 475 g/mol. The van der Waals surface area contributed by atoms with E-state index in [1.165, 1.54) is 10.9 Å². The van der Waals surface area contributed by atoms with E-state index < -0.39 is 23.6 Å². The van der Waals surface area contributed by atoms with Gasteiger partial charge < -0.3 is 0 Å². The summed E-state index contributed by atoms with van der Waals surface area (Å²) < 4.78 is 3.17. The molecule has 1 aliphatic carbocycles. The van der Waals surface area contributed by atoms with E-state index in [4.69, 9.17) is 0 Å². The van der Waals surface area contributed by atoms with Crippen molar-refractivity contribution < 1.29 is 14.8 Å². The molecular formula is C21H27PtSi. The fourth-order valence-corrected chi connectivity index (χ4v) is 24.6. The third-order valence-electron chi connectivity index (χ3n) is 4.44. The van der Waals surface area contributed by atoms with Gasteiger partial charge in [-0.3, -0.25) is 0 Å². The van der Waals surface area contributed by atoms with Gasteiger partial charge in [0.15, 0.2) is 0 Å². The van der Waals surface area contributed by atoms with Crippen LogP contribution < -0.4 is 10.4 Å². The Kier molecular flexibility index (Phi) is 4.62. The Morgan fingerprint density at radius 1 is 0.826 bits per heavy atom. The van der Waals surface area contributed by atoms with Crippen molar-refractivity contribution in [3.63, 3.8) is 0 Å². The van der Waals surface area contributed by atoms with Crippen molar-refractivity contribution in [1.29, 1.82) is 0 Å². The van der Waals surface area contributed by atoms with Gasteiger partial charge in [0.1, 0.15) is 0 Å². The van der Waals surface area contributed by atoms with Gasteiger partial charge in [0.05, 0.1) is 0 Å². The van der Waals surface area contributed by atoms with Crippen molar-refractivity contribution in [3.8, 4) is 0 Å². The zero-order valence-corrected chi connectivity index (χ0v) is 17.7. The normalized spacial score (nSPS) is 16.2. The molecule has 0 fully saturated rings. The van der Waals surface area contributed by atoms with Crippen molar-refractivity contribution in [2.45, 2.75) is 26.8 Å². The van der Waals surface area contributed by atoms with E-state index in [9.17, 15) is 0 Å². The molecule has 0 bridgehead atoms. The Balaban J connectivity index is 2.00. The molecule has 0 aromatic heterocycles. The standard InChI is InChI=1S/C13H13Si.C5H5.3CH3.Pt/c1-14(12-8-4-2-5-9-12)13-10-6-3-7-11-13;1-2-4-5-3-1;;;;/h2-11,14H,1H2;1-3H,4H2;3*1H3;. The van der Waals surface area contributed by atoms with Gasteiger partial charge >= 0.3 is 144 Å². The van der Waals surface area contributed by atoms with Gasteiger partial charge in [0.2, 0.25) is 0 Å². The molecule has 0 nitrogen and oxygen atoms in total. The Morgan fingerprint density at radius 3 is 1.78 bits per heavy atom. The summed E-state index contributed by atoms with van der Waals surface area (Å²) in [5.74, 6) is 0. The zero-order valence-electron chi connectivity index (χ0n) is 14.3. The quantitative estimate of drug-likeness (QED) is 0.522. The molecule has 0 atom stereocenters. The second-order valence-corrected chi connectivity index (χ2v) is 29.7.